The highest BCUT2D eigenvalue weighted by molar-refractivity contribution is 5.86. The number of hydrogen-bond acceptors (Lipinski definition) is 2. The van der Waals surface area contributed by atoms with Crippen molar-refractivity contribution in [3.63, 3.8) is 0 Å². The van der Waals surface area contributed by atoms with Gasteiger partial charge in [0.2, 0.25) is 5.91 Å². The summed E-state index contributed by atoms with van der Waals surface area (Å²) in [6.45, 7) is 3.45. The lowest BCUT2D eigenvalue weighted by Gasteiger charge is -2.07. The number of rotatable bonds is 3. The van der Waals surface area contributed by atoms with E-state index in [1.807, 2.05) is 6.92 Å². The molecule has 2 N–H and O–H groups in total. The first-order valence-electron chi connectivity index (χ1n) is 4.05. The van der Waals surface area contributed by atoms with E-state index in [-0.39, 0.29) is 11.8 Å². The van der Waals surface area contributed by atoms with E-state index < -0.39 is 12.0 Å². The van der Waals surface area contributed by atoms with Crippen LogP contribution in [0.2, 0.25) is 0 Å². The Kier molecular flexibility index (Phi) is 2.35. The van der Waals surface area contributed by atoms with Gasteiger partial charge in [0, 0.05) is 5.92 Å². The molecule has 0 spiro atoms. The lowest BCUT2D eigenvalue weighted by atomic mass is 10.3. The molecule has 68 valence electrons. The van der Waals surface area contributed by atoms with E-state index in [9.17, 15) is 9.59 Å². The molecule has 1 saturated carbocycles. The van der Waals surface area contributed by atoms with Gasteiger partial charge >= 0.3 is 5.97 Å². The summed E-state index contributed by atoms with van der Waals surface area (Å²) in [6, 6.07) is -0.773. The summed E-state index contributed by atoms with van der Waals surface area (Å²) in [7, 11) is 0. The first-order chi connectivity index (χ1) is 5.52. The Morgan fingerprint density at radius 3 is 2.42 bits per heavy atom. The van der Waals surface area contributed by atoms with Crippen molar-refractivity contribution >= 4 is 11.9 Å². The molecule has 0 saturated heterocycles. The Morgan fingerprint density at radius 2 is 2.08 bits per heavy atom. The number of carbonyl (C=O) groups excluding carboxylic acids is 1. The predicted octanol–water partition coefficient (Wildman–Crippen LogP) is 0.232. The van der Waals surface area contributed by atoms with Gasteiger partial charge in [-0.2, -0.15) is 0 Å². The molecule has 0 bridgehead atoms. The molecule has 0 aliphatic heterocycles. The maximum Gasteiger partial charge on any atom is 0.325 e. The lowest BCUT2D eigenvalue weighted by molar-refractivity contribution is -0.141. The Labute approximate surface area is 71.0 Å². The fourth-order valence-corrected chi connectivity index (χ4v) is 1.07. The highest BCUT2D eigenvalue weighted by Crippen LogP contribution is 2.37. The predicted molar refractivity (Wildman–Crippen MR) is 42.5 cm³/mol. The highest BCUT2D eigenvalue weighted by Gasteiger charge is 2.39. The van der Waals surface area contributed by atoms with Gasteiger partial charge in [0.05, 0.1) is 0 Å². The number of hydrogen-bond donors (Lipinski definition) is 2. The Morgan fingerprint density at radius 1 is 1.58 bits per heavy atom. The van der Waals surface area contributed by atoms with Gasteiger partial charge in [-0.25, -0.2) is 0 Å². The van der Waals surface area contributed by atoms with Crippen LogP contribution in [0.1, 0.15) is 20.3 Å². The van der Waals surface area contributed by atoms with E-state index >= 15 is 0 Å². The molecule has 3 unspecified atom stereocenters. The molecule has 1 amide bonds. The summed E-state index contributed by atoms with van der Waals surface area (Å²) in [4.78, 5) is 21.5. The average Bonchev–Trinajstić information content (AvgIpc) is 2.66. The SMILES string of the molecule is CC(NC(=O)C1CC1C)C(=O)O. The fraction of sp³-hybridized carbons (Fsp3) is 0.750. The zero-order valence-corrected chi connectivity index (χ0v) is 7.20. The molecule has 0 radical (unpaired) electrons. The molecule has 3 atom stereocenters. The van der Waals surface area contributed by atoms with Crippen molar-refractivity contribution in [2.75, 3.05) is 0 Å². The van der Waals surface area contributed by atoms with E-state index in [1.54, 1.807) is 0 Å². The first-order valence-corrected chi connectivity index (χ1v) is 4.05. The van der Waals surface area contributed by atoms with E-state index in [0.717, 1.165) is 6.42 Å². The summed E-state index contributed by atoms with van der Waals surface area (Å²) in [6.07, 6.45) is 0.887. The standard InChI is InChI=1S/C8H13NO3/c1-4-3-6(4)7(10)9-5(2)8(11)12/h4-6H,3H2,1-2H3,(H,9,10)(H,11,12). The van der Waals surface area contributed by atoms with Crippen LogP contribution in [-0.2, 0) is 9.59 Å². The minimum Gasteiger partial charge on any atom is -0.480 e. The number of carboxylic acid groups (broad SMARTS) is 1. The molecular weight excluding hydrogens is 158 g/mol. The molecule has 4 nitrogen and oxygen atoms in total. The van der Waals surface area contributed by atoms with Gasteiger partial charge in [-0.3, -0.25) is 9.59 Å². The summed E-state index contributed by atoms with van der Waals surface area (Å²) in [5.74, 6) is -0.646. The van der Waals surface area contributed by atoms with Crippen LogP contribution in [0.25, 0.3) is 0 Å². The van der Waals surface area contributed by atoms with Crippen LogP contribution in [0.3, 0.4) is 0 Å². The van der Waals surface area contributed by atoms with Gasteiger partial charge in [-0.1, -0.05) is 6.92 Å². The van der Waals surface area contributed by atoms with E-state index in [2.05, 4.69) is 5.32 Å². The van der Waals surface area contributed by atoms with Crippen LogP contribution in [0.4, 0.5) is 0 Å². The second kappa shape index (κ2) is 3.13. The zero-order valence-electron chi connectivity index (χ0n) is 7.20. The maximum absolute atomic E-state index is 11.2. The second-order valence-corrected chi connectivity index (χ2v) is 3.39. The molecular formula is C8H13NO3. The molecule has 0 heterocycles. The molecule has 4 heteroatoms. The second-order valence-electron chi connectivity index (χ2n) is 3.39. The molecule has 1 aliphatic carbocycles. The lowest BCUT2D eigenvalue weighted by Crippen LogP contribution is -2.39. The van der Waals surface area contributed by atoms with Crippen molar-refractivity contribution in [2.24, 2.45) is 11.8 Å². The third-order valence-corrected chi connectivity index (χ3v) is 2.18. The molecule has 12 heavy (non-hydrogen) atoms. The van der Waals surface area contributed by atoms with Crippen molar-refractivity contribution < 1.29 is 14.7 Å². The monoisotopic (exact) mass is 171 g/mol. The van der Waals surface area contributed by atoms with Gasteiger partial charge in [0.1, 0.15) is 6.04 Å². The van der Waals surface area contributed by atoms with E-state index in [0.29, 0.717) is 5.92 Å². The number of aliphatic carboxylic acids is 1. The summed E-state index contributed by atoms with van der Waals surface area (Å²) < 4.78 is 0. The Hall–Kier alpha value is -1.06. The number of amides is 1. The van der Waals surface area contributed by atoms with Crippen molar-refractivity contribution in [1.29, 1.82) is 0 Å². The number of carbonyl (C=O) groups is 2. The van der Waals surface area contributed by atoms with E-state index in [4.69, 9.17) is 5.11 Å². The maximum atomic E-state index is 11.2. The summed E-state index contributed by atoms with van der Waals surface area (Å²) in [5.41, 5.74) is 0. The first kappa shape index (κ1) is 9.03. The van der Waals surface area contributed by atoms with Gasteiger partial charge in [0.25, 0.3) is 0 Å². The zero-order chi connectivity index (χ0) is 9.30. The smallest absolute Gasteiger partial charge is 0.325 e. The van der Waals surface area contributed by atoms with Crippen molar-refractivity contribution in [3.05, 3.63) is 0 Å². The normalized spacial score (nSPS) is 29.2. The molecule has 0 aromatic heterocycles. The average molecular weight is 171 g/mol. The minimum absolute atomic E-state index is 0.0480. The van der Waals surface area contributed by atoms with Crippen LogP contribution in [0.15, 0.2) is 0 Å². The van der Waals surface area contributed by atoms with Gasteiger partial charge in [-0.15, -0.1) is 0 Å². The largest absolute Gasteiger partial charge is 0.480 e. The quantitative estimate of drug-likeness (QED) is 0.638. The summed E-state index contributed by atoms with van der Waals surface area (Å²) >= 11 is 0. The van der Waals surface area contributed by atoms with E-state index in [1.165, 1.54) is 6.92 Å². The fourth-order valence-electron chi connectivity index (χ4n) is 1.07. The molecule has 1 fully saturated rings. The van der Waals surface area contributed by atoms with Crippen molar-refractivity contribution in [3.8, 4) is 0 Å². The summed E-state index contributed by atoms with van der Waals surface area (Å²) in [5, 5.41) is 10.9. The highest BCUT2D eigenvalue weighted by atomic mass is 16.4. The number of carboxylic acids is 1. The van der Waals surface area contributed by atoms with Gasteiger partial charge < -0.3 is 10.4 Å². The molecule has 0 aromatic carbocycles. The van der Waals surface area contributed by atoms with Gasteiger partial charge in [0.15, 0.2) is 0 Å². The molecule has 0 aromatic rings. The molecule has 1 aliphatic rings. The Bertz CT molecular complexity index is 214. The van der Waals surface area contributed by atoms with Crippen LogP contribution in [0, 0.1) is 11.8 Å². The third-order valence-electron chi connectivity index (χ3n) is 2.18. The Balaban J connectivity index is 2.31. The van der Waals surface area contributed by atoms with Crippen LogP contribution in [0.5, 0.6) is 0 Å². The van der Waals surface area contributed by atoms with Crippen LogP contribution >= 0.6 is 0 Å². The third kappa shape index (κ3) is 1.96. The van der Waals surface area contributed by atoms with Crippen LogP contribution in [-0.4, -0.2) is 23.0 Å². The topological polar surface area (TPSA) is 66.4 Å². The number of nitrogens with one attached hydrogen (secondary N) is 1. The minimum atomic E-state index is -0.989. The van der Waals surface area contributed by atoms with Crippen molar-refractivity contribution in [2.45, 2.75) is 26.3 Å². The van der Waals surface area contributed by atoms with Crippen LogP contribution < -0.4 is 5.32 Å². The molecule has 1 rings (SSSR count). The van der Waals surface area contributed by atoms with Gasteiger partial charge in [-0.05, 0) is 19.3 Å². The van der Waals surface area contributed by atoms with Crippen molar-refractivity contribution in [1.82, 2.24) is 5.32 Å².